The van der Waals surface area contributed by atoms with Crippen LogP contribution in [-0.2, 0) is 9.47 Å². The third-order valence-corrected chi connectivity index (χ3v) is 3.68. The van der Waals surface area contributed by atoms with Gasteiger partial charge in [-0.2, -0.15) is 0 Å². The Bertz CT molecular complexity index is 257. The van der Waals surface area contributed by atoms with Crippen LogP contribution in [0.1, 0.15) is 33.1 Å². The number of rotatable bonds is 10. The molecule has 1 aliphatic heterocycles. The lowest BCUT2D eigenvalue weighted by Crippen LogP contribution is -2.42. The highest BCUT2D eigenvalue weighted by atomic mass is 16.5. The van der Waals surface area contributed by atoms with Crippen molar-refractivity contribution in [3.8, 4) is 0 Å². The summed E-state index contributed by atoms with van der Waals surface area (Å²) in [6.45, 7) is 11.2. The predicted octanol–water partition coefficient (Wildman–Crippen LogP) is 2.06. The lowest BCUT2D eigenvalue weighted by molar-refractivity contribution is 0.0689. The summed E-state index contributed by atoms with van der Waals surface area (Å²) < 4.78 is 10.4. The van der Waals surface area contributed by atoms with Gasteiger partial charge in [0.05, 0.1) is 13.2 Å². The van der Waals surface area contributed by atoms with Crippen molar-refractivity contribution < 1.29 is 9.47 Å². The Morgan fingerprint density at radius 3 is 2.60 bits per heavy atom. The minimum Gasteiger partial charge on any atom is -0.382 e. The maximum absolute atomic E-state index is 5.46. The summed E-state index contributed by atoms with van der Waals surface area (Å²) >= 11 is 0. The van der Waals surface area contributed by atoms with Gasteiger partial charge in [0.15, 0.2) is 0 Å². The Balaban J connectivity index is 1.95. The number of methoxy groups -OCH3 is 1. The van der Waals surface area contributed by atoms with Gasteiger partial charge in [-0.15, -0.1) is 0 Å². The summed E-state index contributed by atoms with van der Waals surface area (Å²) in [5, 5.41) is 3.64. The van der Waals surface area contributed by atoms with Crippen LogP contribution in [0.25, 0.3) is 0 Å². The molecule has 1 heterocycles. The highest BCUT2D eigenvalue weighted by Gasteiger charge is 2.17. The lowest BCUT2D eigenvalue weighted by Gasteiger charge is -2.31. The summed E-state index contributed by atoms with van der Waals surface area (Å²) in [6, 6.07) is 0.692. The van der Waals surface area contributed by atoms with E-state index in [4.69, 9.17) is 9.47 Å². The van der Waals surface area contributed by atoms with Gasteiger partial charge in [0.1, 0.15) is 0 Å². The summed E-state index contributed by atoms with van der Waals surface area (Å²) in [5.41, 5.74) is 1.42. The second kappa shape index (κ2) is 11.3. The molecule has 1 N–H and O–H groups in total. The molecular formula is C16H32N2O2. The zero-order chi connectivity index (χ0) is 14.6. The van der Waals surface area contributed by atoms with E-state index in [1.165, 1.54) is 31.5 Å². The SMILES string of the molecule is COCCOCCCNC1CCN(CC=C(C)C)CC1. The number of hydrogen-bond acceptors (Lipinski definition) is 4. The molecule has 0 amide bonds. The van der Waals surface area contributed by atoms with Gasteiger partial charge in [-0.25, -0.2) is 0 Å². The van der Waals surface area contributed by atoms with Gasteiger partial charge in [-0.1, -0.05) is 11.6 Å². The fourth-order valence-corrected chi connectivity index (χ4v) is 2.36. The third kappa shape index (κ3) is 8.69. The van der Waals surface area contributed by atoms with E-state index in [2.05, 4.69) is 30.1 Å². The first-order chi connectivity index (χ1) is 9.72. The Kier molecular flexibility index (Phi) is 9.93. The molecule has 1 fully saturated rings. The summed E-state index contributed by atoms with van der Waals surface area (Å²) in [7, 11) is 1.70. The number of likely N-dealkylation sites (tertiary alicyclic amines) is 1. The van der Waals surface area contributed by atoms with Crippen LogP contribution in [0.3, 0.4) is 0 Å². The van der Waals surface area contributed by atoms with Crippen molar-refractivity contribution in [2.75, 3.05) is 53.1 Å². The van der Waals surface area contributed by atoms with Crippen LogP contribution in [0.5, 0.6) is 0 Å². The summed E-state index contributed by atoms with van der Waals surface area (Å²) in [6.07, 6.45) is 5.94. The van der Waals surface area contributed by atoms with E-state index < -0.39 is 0 Å². The van der Waals surface area contributed by atoms with E-state index in [0.717, 1.165) is 26.1 Å². The molecule has 0 spiro atoms. The number of ether oxygens (including phenoxy) is 2. The fraction of sp³-hybridized carbons (Fsp3) is 0.875. The normalized spacial score (nSPS) is 17.4. The zero-order valence-electron chi connectivity index (χ0n) is 13.5. The largest absolute Gasteiger partial charge is 0.382 e. The number of nitrogens with one attached hydrogen (secondary N) is 1. The molecule has 1 aliphatic rings. The topological polar surface area (TPSA) is 33.7 Å². The molecule has 0 unspecified atom stereocenters. The van der Waals surface area contributed by atoms with Crippen molar-refractivity contribution >= 4 is 0 Å². The van der Waals surface area contributed by atoms with Crippen molar-refractivity contribution in [1.82, 2.24) is 10.2 Å². The molecule has 4 heteroatoms. The van der Waals surface area contributed by atoms with E-state index in [0.29, 0.717) is 19.3 Å². The van der Waals surface area contributed by atoms with E-state index in [-0.39, 0.29) is 0 Å². The molecule has 0 atom stereocenters. The van der Waals surface area contributed by atoms with Crippen LogP contribution < -0.4 is 5.32 Å². The molecule has 20 heavy (non-hydrogen) atoms. The van der Waals surface area contributed by atoms with Gasteiger partial charge in [0.2, 0.25) is 0 Å². The Hall–Kier alpha value is -0.420. The fourth-order valence-electron chi connectivity index (χ4n) is 2.36. The molecule has 1 saturated heterocycles. The second-order valence-corrected chi connectivity index (χ2v) is 5.77. The van der Waals surface area contributed by atoms with Crippen molar-refractivity contribution in [2.45, 2.75) is 39.2 Å². The Morgan fingerprint density at radius 1 is 1.20 bits per heavy atom. The molecule has 4 nitrogen and oxygen atoms in total. The van der Waals surface area contributed by atoms with Gasteiger partial charge in [-0.3, -0.25) is 4.90 Å². The van der Waals surface area contributed by atoms with Crippen molar-refractivity contribution in [2.24, 2.45) is 0 Å². The van der Waals surface area contributed by atoms with Crippen LogP contribution in [0.2, 0.25) is 0 Å². The smallest absolute Gasteiger partial charge is 0.0700 e. The zero-order valence-corrected chi connectivity index (χ0v) is 13.5. The molecule has 0 radical (unpaired) electrons. The Morgan fingerprint density at radius 2 is 1.95 bits per heavy atom. The standard InChI is InChI=1S/C16H32N2O2/c1-15(2)5-9-18-10-6-16(7-11-18)17-8-4-12-20-14-13-19-3/h5,16-17H,4,6-14H2,1-3H3. The average molecular weight is 284 g/mol. The molecule has 0 aromatic carbocycles. The number of nitrogens with zero attached hydrogens (tertiary/aromatic N) is 1. The van der Waals surface area contributed by atoms with Crippen LogP contribution in [-0.4, -0.2) is 64.1 Å². The maximum atomic E-state index is 5.46. The molecule has 0 aliphatic carbocycles. The first kappa shape index (κ1) is 17.6. The van der Waals surface area contributed by atoms with Crippen LogP contribution in [0, 0.1) is 0 Å². The van der Waals surface area contributed by atoms with Crippen LogP contribution in [0.4, 0.5) is 0 Å². The van der Waals surface area contributed by atoms with Gasteiger partial charge >= 0.3 is 0 Å². The van der Waals surface area contributed by atoms with Crippen molar-refractivity contribution in [3.05, 3.63) is 11.6 Å². The van der Waals surface area contributed by atoms with E-state index >= 15 is 0 Å². The molecule has 0 aromatic rings. The highest BCUT2D eigenvalue weighted by Crippen LogP contribution is 2.10. The second-order valence-electron chi connectivity index (χ2n) is 5.77. The summed E-state index contributed by atoms with van der Waals surface area (Å²) in [5.74, 6) is 0. The maximum Gasteiger partial charge on any atom is 0.0700 e. The molecule has 0 aromatic heterocycles. The van der Waals surface area contributed by atoms with E-state index in [9.17, 15) is 0 Å². The molecule has 0 bridgehead atoms. The third-order valence-electron chi connectivity index (χ3n) is 3.68. The lowest BCUT2D eigenvalue weighted by atomic mass is 10.0. The minimum absolute atomic E-state index is 0.692. The predicted molar refractivity (Wildman–Crippen MR) is 84.2 cm³/mol. The minimum atomic E-state index is 0.692. The molecular weight excluding hydrogens is 252 g/mol. The monoisotopic (exact) mass is 284 g/mol. The van der Waals surface area contributed by atoms with Crippen molar-refractivity contribution in [3.63, 3.8) is 0 Å². The van der Waals surface area contributed by atoms with Crippen LogP contribution >= 0.6 is 0 Å². The van der Waals surface area contributed by atoms with E-state index in [1.807, 2.05) is 0 Å². The van der Waals surface area contributed by atoms with E-state index in [1.54, 1.807) is 7.11 Å². The summed E-state index contributed by atoms with van der Waals surface area (Å²) in [4.78, 5) is 2.54. The molecule has 118 valence electrons. The Labute approximate surface area is 124 Å². The first-order valence-corrected chi connectivity index (χ1v) is 7.88. The van der Waals surface area contributed by atoms with Gasteiger partial charge < -0.3 is 14.8 Å². The average Bonchev–Trinajstić information content (AvgIpc) is 2.45. The van der Waals surface area contributed by atoms with Crippen LogP contribution in [0.15, 0.2) is 11.6 Å². The first-order valence-electron chi connectivity index (χ1n) is 7.88. The molecule has 0 saturated carbocycles. The van der Waals surface area contributed by atoms with Crippen molar-refractivity contribution in [1.29, 1.82) is 0 Å². The van der Waals surface area contributed by atoms with Gasteiger partial charge in [-0.05, 0) is 52.7 Å². The van der Waals surface area contributed by atoms with Gasteiger partial charge in [0, 0.05) is 26.3 Å². The number of allylic oxidation sites excluding steroid dienone is 1. The molecule has 1 rings (SSSR count). The van der Waals surface area contributed by atoms with Gasteiger partial charge in [0.25, 0.3) is 0 Å². The highest BCUT2D eigenvalue weighted by molar-refractivity contribution is 4.95. The number of piperidine rings is 1. The number of hydrogen-bond donors (Lipinski definition) is 1. The quantitative estimate of drug-likeness (QED) is 0.492.